The van der Waals surface area contributed by atoms with Crippen LogP contribution in [-0.4, -0.2) is 38.6 Å². The molecule has 0 aromatic rings. The second kappa shape index (κ2) is 7.02. The molecule has 1 rings (SSSR count). The molecule has 0 heterocycles. The van der Waals surface area contributed by atoms with E-state index in [2.05, 4.69) is 37.4 Å². The molecule has 0 aromatic heterocycles. The molecule has 0 amide bonds. The summed E-state index contributed by atoms with van der Waals surface area (Å²) in [5.41, 5.74) is 1.65. The lowest BCUT2D eigenvalue weighted by Gasteiger charge is -2.21. The highest BCUT2D eigenvalue weighted by atomic mass is 15.1. The molecule has 1 aliphatic carbocycles. The summed E-state index contributed by atoms with van der Waals surface area (Å²) < 4.78 is 0. The lowest BCUT2D eigenvalue weighted by Crippen LogP contribution is -2.31. The van der Waals surface area contributed by atoms with Crippen molar-refractivity contribution in [2.24, 2.45) is 0 Å². The molecule has 0 aliphatic heterocycles. The summed E-state index contributed by atoms with van der Waals surface area (Å²) in [6, 6.07) is 0.602. The second-order valence-corrected chi connectivity index (χ2v) is 4.81. The molecule has 1 aliphatic rings. The molecule has 15 heavy (non-hydrogen) atoms. The van der Waals surface area contributed by atoms with E-state index >= 15 is 0 Å². The summed E-state index contributed by atoms with van der Waals surface area (Å²) >= 11 is 0. The molecule has 0 bridgehead atoms. The van der Waals surface area contributed by atoms with Crippen molar-refractivity contribution in [2.75, 3.05) is 27.7 Å². The van der Waals surface area contributed by atoms with Gasteiger partial charge in [0.1, 0.15) is 0 Å². The summed E-state index contributed by atoms with van der Waals surface area (Å²) in [7, 11) is 6.38. The van der Waals surface area contributed by atoms with Crippen LogP contribution in [-0.2, 0) is 0 Å². The van der Waals surface area contributed by atoms with Crippen molar-refractivity contribution in [2.45, 2.75) is 44.6 Å². The van der Waals surface area contributed by atoms with E-state index in [4.69, 9.17) is 0 Å². The highest BCUT2D eigenvalue weighted by molar-refractivity contribution is 5.12. The van der Waals surface area contributed by atoms with Gasteiger partial charge in [-0.25, -0.2) is 0 Å². The fraction of sp³-hybridized carbons (Fsp3) is 0.846. The van der Waals surface area contributed by atoms with Crippen molar-refractivity contribution in [3.63, 3.8) is 0 Å². The molecule has 0 saturated carbocycles. The smallest absolute Gasteiger partial charge is 0.0288 e. The minimum Gasteiger partial charge on any atom is -0.313 e. The minimum absolute atomic E-state index is 0.602. The van der Waals surface area contributed by atoms with E-state index in [0.29, 0.717) is 6.04 Å². The number of likely N-dealkylation sites (N-methyl/N-ethyl adjacent to an activating group) is 1. The van der Waals surface area contributed by atoms with Crippen LogP contribution in [0.25, 0.3) is 0 Å². The molecule has 2 heteroatoms. The molecule has 0 aromatic carbocycles. The predicted molar refractivity (Wildman–Crippen MR) is 67.2 cm³/mol. The first-order valence-electron chi connectivity index (χ1n) is 6.25. The van der Waals surface area contributed by atoms with E-state index in [1.54, 1.807) is 5.57 Å². The van der Waals surface area contributed by atoms with E-state index in [9.17, 15) is 0 Å². The average Bonchev–Trinajstić information content (AvgIpc) is 2.47. The van der Waals surface area contributed by atoms with E-state index in [0.717, 1.165) is 0 Å². The molecule has 0 radical (unpaired) electrons. The Kier molecular flexibility index (Phi) is 5.96. The van der Waals surface area contributed by atoms with Gasteiger partial charge >= 0.3 is 0 Å². The SMILES string of the molecule is CNC(CCN(C)C)C1=CCCCCC1. The summed E-state index contributed by atoms with van der Waals surface area (Å²) in [6.45, 7) is 1.17. The Balaban J connectivity index is 2.44. The summed E-state index contributed by atoms with van der Waals surface area (Å²) in [5.74, 6) is 0. The minimum atomic E-state index is 0.602. The summed E-state index contributed by atoms with van der Waals surface area (Å²) in [4.78, 5) is 2.27. The van der Waals surface area contributed by atoms with Gasteiger partial charge in [0.2, 0.25) is 0 Å². The Morgan fingerprint density at radius 1 is 1.33 bits per heavy atom. The number of rotatable bonds is 5. The number of hydrogen-bond acceptors (Lipinski definition) is 2. The van der Waals surface area contributed by atoms with Crippen molar-refractivity contribution < 1.29 is 0 Å². The van der Waals surface area contributed by atoms with Gasteiger partial charge in [0, 0.05) is 6.04 Å². The Bertz CT molecular complexity index is 197. The maximum Gasteiger partial charge on any atom is 0.0288 e. The van der Waals surface area contributed by atoms with Crippen LogP contribution < -0.4 is 5.32 Å². The van der Waals surface area contributed by atoms with Gasteiger partial charge in [-0.05, 0) is 59.8 Å². The Morgan fingerprint density at radius 2 is 2.13 bits per heavy atom. The third-order valence-corrected chi connectivity index (χ3v) is 3.24. The van der Waals surface area contributed by atoms with Crippen LogP contribution in [0.15, 0.2) is 11.6 Å². The molecule has 1 atom stereocenters. The molecule has 0 saturated heterocycles. The third-order valence-electron chi connectivity index (χ3n) is 3.24. The van der Waals surface area contributed by atoms with Gasteiger partial charge in [-0.2, -0.15) is 0 Å². The van der Waals surface area contributed by atoms with Gasteiger partial charge in [0.15, 0.2) is 0 Å². The van der Waals surface area contributed by atoms with Crippen molar-refractivity contribution in [1.82, 2.24) is 10.2 Å². The quantitative estimate of drug-likeness (QED) is 0.701. The maximum atomic E-state index is 3.46. The van der Waals surface area contributed by atoms with Crippen LogP contribution in [0.1, 0.15) is 38.5 Å². The zero-order valence-corrected chi connectivity index (χ0v) is 10.6. The predicted octanol–water partition coefficient (Wildman–Crippen LogP) is 2.42. The van der Waals surface area contributed by atoms with Gasteiger partial charge in [-0.3, -0.25) is 0 Å². The van der Waals surface area contributed by atoms with Crippen LogP contribution in [0.2, 0.25) is 0 Å². The van der Waals surface area contributed by atoms with E-state index in [-0.39, 0.29) is 0 Å². The number of nitrogens with zero attached hydrogens (tertiary/aromatic N) is 1. The third kappa shape index (κ3) is 4.80. The van der Waals surface area contributed by atoms with Gasteiger partial charge in [-0.1, -0.05) is 18.1 Å². The van der Waals surface area contributed by atoms with Crippen LogP contribution in [0.5, 0.6) is 0 Å². The molecule has 88 valence electrons. The first-order valence-corrected chi connectivity index (χ1v) is 6.25. The van der Waals surface area contributed by atoms with Crippen molar-refractivity contribution in [1.29, 1.82) is 0 Å². The standard InChI is InChI=1S/C13H26N2/c1-14-13(10-11-15(2)3)12-8-6-4-5-7-9-12/h8,13-14H,4-7,9-11H2,1-3H3. The molecule has 0 spiro atoms. The number of allylic oxidation sites excluding steroid dienone is 1. The van der Waals surface area contributed by atoms with E-state index in [1.165, 1.54) is 45.1 Å². The molecular weight excluding hydrogens is 184 g/mol. The summed E-state index contributed by atoms with van der Waals surface area (Å²) in [6.07, 6.45) is 10.5. The lowest BCUT2D eigenvalue weighted by molar-refractivity contribution is 0.376. The Labute approximate surface area is 94.7 Å². The highest BCUT2D eigenvalue weighted by Crippen LogP contribution is 2.21. The Hall–Kier alpha value is -0.340. The second-order valence-electron chi connectivity index (χ2n) is 4.81. The molecule has 2 nitrogen and oxygen atoms in total. The van der Waals surface area contributed by atoms with Crippen molar-refractivity contribution in [3.05, 3.63) is 11.6 Å². The summed E-state index contributed by atoms with van der Waals surface area (Å²) in [5, 5.41) is 3.46. The van der Waals surface area contributed by atoms with E-state index in [1.807, 2.05) is 0 Å². The first kappa shape index (κ1) is 12.7. The van der Waals surface area contributed by atoms with Gasteiger partial charge < -0.3 is 10.2 Å². The largest absolute Gasteiger partial charge is 0.313 e. The van der Waals surface area contributed by atoms with Gasteiger partial charge in [-0.15, -0.1) is 0 Å². The molecular formula is C13H26N2. The van der Waals surface area contributed by atoms with Crippen molar-refractivity contribution >= 4 is 0 Å². The highest BCUT2D eigenvalue weighted by Gasteiger charge is 2.13. The fourth-order valence-corrected chi connectivity index (χ4v) is 2.26. The van der Waals surface area contributed by atoms with Gasteiger partial charge in [0.25, 0.3) is 0 Å². The Morgan fingerprint density at radius 3 is 2.80 bits per heavy atom. The first-order chi connectivity index (χ1) is 7.24. The topological polar surface area (TPSA) is 15.3 Å². The lowest BCUT2D eigenvalue weighted by atomic mass is 9.99. The zero-order valence-electron chi connectivity index (χ0n) is 10.6. The zero-order chi connectivity index (χ0) is 11.1. The average molecular weight is 210 g/mol. The molecule has 0 fully saturated rings. The number of hydrogen-bond donors (Lipinski definition) is 1. The van der Waals surface area contributed by atoms with Crippen LogP contribution in [0.3, 0.4) is 0 Å². The van der Waals surface area contributed by atoms with E-state index < -0.39 is 0 Å². The van der Waals surface area contributed by atoms with Crippen LogP contribution >= 0.6 is 0 Å². The normalized spacial score (nSPS) is 19.9. The van der Waals surface area contributed by atoms with Crippen molar-refractivity contribution in [3.8, 4) is 0 Å². The number of nitrogens with one attached hydrogen (secondary N) is 1. The molecule has 1 unspecified atom stereocenters. The van der Waals surface area contributed by atoms with Gasteiger partial charge in [0.05, 0.1) is 0 Å². The van der Waals surface area contributed by atoms with Crippen LogP contribution in [0, 0.1) is 0 Å². The fourth-order valence-electron chi connectivity index (χ4n) is 2.26. The maximum absolute atomic E-state index is 3.46. The molecule has 1 N–H and O–H groups in total. The monoisotopic (exact) mass is 210 g/mol. The van der Waals surface area contributed by atoms with Crippen LogP contribution in [0.4, 0.5) is 0 Å².